The number of hydrogen-bond donors (Lipinski definition) is 1. The summed E-state index contributed by atoms with van der Waals surface area (Å²) in [4.78, 5) is 9.81. The smallest absolute Gasteiger partial charge is 0.548 e. The Balaban J connectivity index is 0.000000490. The summed E-state index contributed by atoms with van der Waals surface area (Å²) in [5, 5.41) is 12.5. The number of rotatable bonds is 1. The van der Waals surface area contributed by atoms with Gasteiger partial charge >= 0.3 is 18.9 Å². The molecule has 1 N–H and O–H groups in total. The first-order chi connectivity index (χ1) is 3.30. The van der Waals surface area contributed by atoms with Gasteiger partial charge in [-0.05, 0) is 13.0 Å². The van der Waals surface area contributed by atoms with E-state index in [4.69, 9.17) is 0 Å². The van der Waals surface area contributed by atoms with Gasteiger partial charge in [-0.25, -0.2) is 0 Å². The summed E-state index contributed by atoms with van der Waals surface area (Å²) < 4.78 is 0. The number of carboxylic acid groups (broad SMARTS) is 1. The summed E-state index contributed by atoms with van der Waals surface area (Å²) in [7, 11) is 0. The fourth-order valence-electron chi connectivity index (χ4n) is 0.490. The summed E-state index contributed by atoms with van der Waals surface area (Å²) in [5.74, 6) is -0.980. The maximum Gasteiger partial charge on any atom is 1.00 e. The molecular formula is C4H6LiNO2. The Labute approximate surface area is 59.6 Å². The van der Waals surface area contributed by atoms with E-state index in [2.05, 4.69) is 5.32 Å². The molecule has 1 unspecified atom stereocenters. The van der Waals surface area contributed by atoms with Crippen molar-refractivity contribution in [1.29, 1.82) is 0 Å². The van der Waals surface area contributed by atoms with Gasteiger partial charge in [0, 0.05) is 6.04 Å². The van der Waals surface area contributed by atoms with Crippen molar-refractivity contribution in [3.05, 3.63) is 0 Å². The van der Waals surface area contributed by atoms with E-state index in [9.17, 15) is 9.90 Å². The van der Waals surface area contributed by atoms with Gasteiger partial charge in [0.05, 0.1) is 5.97 Å². The van der Waals surface area contributed by atoms with Gasteiger partial charge < -0.3 is 15.2 Å². The zero-order valence-corrected chi connectivity index (χ0v) is 4.81. The summed E-state index contributed by atoms with van der Waals surface area (Å²) in [6, 6.07) is -0.361. The number of carboxylic acids is 1. The normalized spacial score (nSPS) is 25.2. The Hall–Kier alpha value is 0.0274. The number of hydrogen-bond acceptors (Lipinski definition) is 3. The summed E-state index contributed by atoms with van der Waals surface area (Å²) >= 11 is 0. The van der Waals surface area contributed by atoms with E-state index in [-0.39, 0.29) is 24.9 Å². The van der Waals surface area contributed by atoms with Crippen LogP contribution in [0.25, 0.3) is 0 Å². The predicted octanol–water partition coefficient (Wildman–Crippen LogP) is -4.90. The van der Waals surface area contributed by atoms with Crippen LogP contribution in [0.4, 0.5) is 0 Å². The molecule has 0 saturated carbocycles. The SMILES string of the molecule is O=C([O-])C1CCN1.[Li+]. The molecule has 40 valence electrons. The Morgan fingerprint density at radius 3 is 2.25 bits per heavy atom. The van der Waals surface area contributed by atoms with Crippen LogP contribution in [-0.2, 0) is 4.79 Å². The van der Waals surface area contributed by atoms with Crippen LogP contribution in [0.15, 0.2) is 0 Å². The van der Waals surface area contributed by atoms with E-state index in [0.29, 0.717) is 0 Å². The molecule has 0 amide bonds. The van der Waals surface area contributed by atoms with Crippen molar-refractivity contribution in [3.63, 3.8) is 0 Å². The molecule has 0 bridgehead atoms. The third kappa shape index (κ3) is 1.52. The molecular weight excluding hydrogens is 101 g/mol. The number of carbonyl (C=O) groups is 1. The number of nitrogens with one attached hydrogen (secondary N) is 1. The minimum Gasteiger partial charge on any atom is -0.548 e. The summed E-state index contributed by atoms with van der Waals surface area (Å²) in [6.07, 6.45) is 0.725. The van der Waals surface area contributed by atoms with Crippen LogP contribution in [0.5, 0.6) is 0 Å². The standard InChI is InChI=1S/C4H7NO2.Li/c6-4(7)3-1-2-5-3;/h3,5H,1-2H2,(H,6,7);/q;+1/p-1. The molecule has 3 nitrogen and oxygen atoms in total. The number of aliphatic carboxylic acids is 1. The second-order valence-electron chi connectivity index (χ2n) is 1.61. The monoisotopic (exact) mass is 107 g/mol. The van der Waals surface area contributed by atoms with Crippen LogP contribution < -0.4 is 29.3 Å². The van der Waals surface area contributed by atoms with Gasteiger partial charge in [-0.2, -0.15) is 0 Å². The van der Waals surface area contributed by atoms with Gasteiger partial charge in [-0.3, -0.25) is 0 Å². The third-order valence-electron chi connectivity index (χ3n) is 1.11. The molecule has 0 radical (unpaired) electrons. The molecule has 1 heterocycles. The second kappa shape index (κ2) is 3.13. The molecule has 0 aromatic carbocycles. The van der Waals surface area contributed by atoms with Crippen LogP contribution in [0.1, 0.15) is 6.42 Å². The van der Waals surface area contributed by atoms with Crippen molar-refractivity contribution in [2.24, 2.45) is 0 Å². The van der Waals surface area contributed by atoms with Crippen LogP contribution >= 0.6 is 0 Å². The second-order valence-corrected chi connectivity index (χ2v) is 1.61. The van der Waals surface area contributed by atoms with Crippen LogP contribution in [0, 0.1) is 0 Å². The molecule has 1 saturated heterocycles. The average Bonchev–Trinajstić information content (AvgIpc) is 1.23. The van der Waals surface area contributed by atoms with E-state index < -0.39 is 5.97 Å². The maximum atomic E-state index is 9.81. The van der Waals surface area contributed by atoms with Crippen LogP contribution in [0.3, 0.4) is 0 Å². The molecule has 1 atom stereocenters. The van der Waals surface area contributed by atoms with Crippen molar-refractivity contribution >= 4 is 5.97 Å². The zero-order valence-electron chi connectivity index (χ0n) is 4.81. The summed E-state index contributed by atoms with van der Waals surface area (Å²) in [6.45, 7) is 0.818. The summed E-state index contributed by atoms with van der Waals surface area (Å²) in [5.41, 5.74) is 0. The van der Waals surface area contributed by atoms with E-state index >= 15 is 0 Å². The largest absolute Gasteiger partial charge is 1.00 e. The molecule has 0 aliphatic carbocycles. The molecule has 1 aliphatic heterocycles. The topological polar surface area (TPSA) is 52.2 Å². The molecule has 1 aliphatic rings. The minimum atomic E-state index is -0.980. The van der Waals surface area contributed by atoms with Gasteiger partial charge in [-0.1, -0.05) is 0 Å². The van der Waals surface area contributed by atoms with E-state index in [1.54, 1.807) is 0 Å². The first kappa shape index (κ1) is 8.03. The van der Waals surface area contributed by atoms with E-state index in [0.717, 1.165) is 13.0 Å². The van der Waals surface area contributed by atoms with Gasteiger partial charge in [0.2, 0.25) is 0 Å². The van der Waals surface area contributed by atoms with Crippen molar-refractivity contribution in [2.45, 2.75) is 12.5 Å². The molecule has 0 aromatic heterocycles. The minimum absolute atomic E-state index is 0. The van der Waals surface area contributed by atoms with Gasteiger partial charge in [0.25, 0.3) is 0 Å². The first-order valence-corrected chi connectivity index (χ1v) is 2.25. The molecule has 4 heteroatoms. The molecule has 0 spiro atoms. The van der Waals surface area contributed by atoms with Crippen LogP contribution in [0.2, 0.25) is 0 Å². The number of carbonyl (C=O) groups excluding carboxylic acids is 1. The Morgan fingerprint density at radius 1 is 1.75 bits per heavy atom. The molecule has 8 heavy (non-hydrogen) atoms. The fourth-order valence-corrected chi connectivity index (χ4v) is 0.490. The van der Waals surface area contributed by atoms with Crippen molar-refractivity contribution < 1.29 is 28.8 Å². The average molecular weight is 107 g/mol. The molecule has 0 aromatic rings. The van der Waals surface area contributed by atoms with Crippen molar-refractivity contribution in [3.8, 4) is 0 Å². The van der Waals surface area contributed by atoms with Crippen LogP contribution in [-0.4, -0.2) is 18.6 Å². The van der Waals surface area contributed by atoms with Crippen molar-refractivity contribution in [1.82, 2.24) is 5.32 Å². The fraction of sp³-hybridized carbons (Fsp3) is 0.750. The predicted molar refractivity (Wildman–Crippen MR) is 21.4 cm³/mol. The van der Waals surface area contributed by atoms with Gasteiger partial charge in [0.1, 0.15) is 0 Å². The first-order valence-electron chi connectivity index (χ1n) is 2.25. The Kier molecular flexibility index (Phi) is 3.14. The van der Waals surface area contributed by atoms with Crippen molar-refractivity contribution in [2.75, 3.05) is 6.54 Å². The maximum absolute atomic E-state index is 9.81. The quantitative estimate of drug-likeness (QED) is 0.342. The molecule has 1 fully saturated rings. The Morgan fingerprint density at radius 2 is 2.25 bits per heavy atom. The molecule has 1 rings (SSSR count). The van der Waals surface area contributed by atoms with E-state index in [1.807, 2.05) is 0 Å². The zero-order chi connectivity index (χ0) is 5.28. The van der Waals surface area contributed by atoms with Gasteiger partial charge in [-0.15, -0.1) is 0 Å². The van der Waals surface area contributed by atoms with Gasteiger partial charge in [0.15, 0.2) is 0 Å². The van der Waals surface area contributed by atoms with E-state index in [1.165, 1.54) is 0 Å². The third-order valence-corrected chi connectivity index (χ3v) is 1.11. The Bertz CT molecular complexity index is 92.0.